The van der Waals surface area contributed by atoms with E-state index in [0.717, 1.165) is 18.1 Å². The standard InChI is InChI=1S/C10H16ClNO2S/c1-2-12-5-8(13)6-15-7-9-3-4-10(11)14-9/h3-4,8,12-13H,2,5-7H2,1H3. The first-order valence-electron chi connectivity index (χ1n) is 4.93. The number of halogens is 1. The Morgan fingerprint density at radius 1 is 1.60 bits per heavy atom. The molecule has 86 valence electrons. The third-order valence-electron chi connectivity index (χ3n) is 1.81. The Morgan fingerprint density at radius 2 is 2.40 bits per heavy atom. The average molecular weight is 250 g/mol. The highest BCUT2D eigenvalue weighted by Crippen LogP contribution is 2.18. The van der Waals surface area contributed by atoms with E-state index in [9.17, 15) is 5.11 Å². The molecule has 5 heteroatoms. The first-order chi connectivity index (χ1) is 7.22. The maximum Gasteiger partial charge on any atom is 0.193 e. The van der Waals surface area contributed by atoms with Crippen LogP contribution in [0.1, 0.15) is 12.7 Å². The van der Waals surface area contributed by atoms with Crippen LogP contribution in [0.3, 0.4) is 0 Å². The molecule has 1 aromatic heterocycles. The lowest BCUT2D eigenvalue weighted by molar-refractivity contribution is 0.197. The number of nitrogens with one attached hydrogen (secondary N) is 1. The molecule has 0 fully saturated rings. The predicted octanol–water partition coefficient (Wildman–Crippen LogP) is 2.14. The quantitative estimate of drug-likeness (QED) is 0.777. The summed E-state index contributed by atoms with van der Waals surface area (Å²) in [7, 11) is 0. The van der Waals surface area contributed by atoms with Crippen molar-refractivity contribution in [1.29, 1.82) is 0 Å². The Bertz CT molecular complexity index is 280. The van der Waals surface area contributed by atoms with Gasteiger partial charge in [0.05, 0.1) is 11.9 Å². The summed E-state index contributed by atoms with van der Waals surface area (Å²) in [6, 6.07) is 3.58. The number of rotatable bonds is 7. The second kappa shape index (κ2) is 7.17. The zero-order valence-electron chi connectivity index (χ0n) is 8.70. The first-order valence-corrected chi connectivity index (χ1v) is 6.46. The highest BCUT2D eigenvalue weighted by Gasteiger charge is 2.05. The predicted molar refractivity (Wildman–Crippen MR) is 64.4 cm³/mol. The Morgan fingerprint density at radius 3 is 3.00 bits per heavy atom. The second-order valence-electron chi connectivity index (χ2n) is 3.18. The van der Waals surface area contributed by atoms with Crippen LogP contribution < -0.4 is 5.32 Å². The summed E-state index contributed by atoms with van der Waals surface area (Å²) >= 11 is 7.27. The molecule has 15 heavy (non-hydrogen) atoms. The van der Waals surface area contributed by atoms with Crippen LogP contribution in [0.4, 0.5) is 0 Å². The van der Waals surface area contributed by atoms with E-state index in [2.05, 4.69) is 5.32 Å². The summed E-state index contributed by atoms with van der Waals surface area (Å²) < 4.78 is 5.19. The number of likely N-dealkylation sites (N-methyl/N-ethyl adjacent to an activating group) is 1. The minimum absolute atomic E-state index is 0.305. The fraction of sp³-hybridized carbons (Fsp3) is 0.600. The molecule has 0 spiro atoms. The van der Waals surface area contributed by atoms with Crippen molar-refractivity contribution in [2.75, 3.05) is 18.8 Å². The van der Waals surface area contributed by atoms with E-state index in [1.54, 1.807) is 17.8 Å². The van der Waals surface area contributed by atoms with Crippen molar-refractivity contribution in [2.45, 2.75) is 18.8 Å². The molecule has 0 aromatic carbocycles. The van der Waals surface area contributed by atoms with Gasteiger partial charge in [0.15, 0.2) is 5.22 Å². The van der Waals surface area contributed by atoms with Crippen LogP contribution in [0.15, 0.2) is 16.5 Å². The number of hydrogen-bond acceptors (Lipinski definition) is 4. The fourth-order valence-electron chi connectivity index (χ4n) is 1.09. The Kier molecular flexibility index (Phi) is 6.17. The lowest BCUT2D eigenvalue weighted by Gasteiger charge is -2.09. The topological polar surface area (TPSA) is 45.4 Å². The van der Waals surface area contributed by atoms with E-state index < -0.39 is 0 Å². The number of furan rings is 1. The van der Waals surface area contributed by atoms with E-state index in [1.807, 2.05) is 13.0 Å². The third-order valence-corrected chi connectivity index (χ3v) is 3.13. The van der Waals surface area contributed by atoms with Crippen molar-refractivity contribution in [3.05, 3.63) is 23.1 Å². The van der Waals surface area contributed by atoms with E-state index in [-0.39, 0.29) is 6.10 Å². The highest BCUT2D eigenvalue weighted by molar-refractivity contribution is 7.98. The normalized spacial score (nSPS) is 13.0. The van der Waals surface area contributed by atoms with Gasteiger partial charge in [-0.3, -0.25) is 0 Å². The molecule has 0 amide bonds. The molecule has 1 rings (SSSR count). The van der Waals surface area contributed by atoms with Crippen molar-refractivity contribution in [3.8, 4) is 0 Å². The first kappa shape index (κ1) is 12.9. The van der Waals surface area contributed by atoms with Gasteiger partial charge in [0.2, 0.25) is 0 Å². The summed E-state index contributed by atoms with van der Waals surface area (Å²) in [5, 5.41) is 13.0. The lowest BCUT2D eigenvalue weighted by atomic mass is 10.4. The molecule has 1 aromatic rings. The zero-order chi connectivity index (χ0) is 11.1. The molecule has 0 aliphatic carbocycles. The molecule has 0 aliphatic heterocycles. The average Bonchev–Trinajstić information content (AvgIpc) is 2.61. The van der Waals surface area contributed by atoms with Gasteiger partial charge in [-0.1, -0.05) is 6.92 Å². The maximum atomic E-state index is 9.52. The second-order valence-corrected chi connectivity index (χ2v) is 4.59. The van der Waals surface area contributed by atoms with Gasteiger partial charge in [-0.05, 0) is 30.3 Å². The van der Waals surface area contributed by atoms with Crippen molar-refractivity contribution < 1.29 is 9.52 Å². The molecular formula is C10H16ClNO2S. The van der Waals surface area contributed by atoms with Crippen LogP contribution in [0, 0.1) is 0 Å². The molecule has 0 bridgehead atoms. The largest absolute Gasteiger partial charge is 0.449 e. The van der Waals surface area contributed by atoms with Crippen molar-refractivity contribution in [2.24, 2.45) is 0 Å². The third kappa shape index (κ3) is 5.47. The zero-order valence-corrected chi connectivity index (χ0v) is 10.3. The SMILES string of the molecule is CCNCC(O)CSCc1ccc(Cl)o1. The van der Waals surface area contributed by atoms with Crippen molar-refractivity contribution in [1.82, 2.24) is 5.32 Å². The molecule has 2 N–H and O–H groups in total. The van der Waals surface area contributed by atoms with Crippen LogP contribution in [0.2, 0.25) is 5.22 Å². The Labute approximate surface area is 99.2 Å². The van der Waals surface area contributed by atoms with Gasteiger partial charge >= 0.3 is 0 Å². The van der Waals surface area contributed by atoms with Crippen LogP contribution >= 0.6 is 23.4 Å². The molecule has 0 aliphatic rings. The van der Waals surface area contributed by atoms with Gasteiger partial charge in [0.25, 0.3) is 0 Å². The van der Waals surface area contributed by atoms with Gasteiger partial charge in [-0.15, -0.1) is 0 Å². The smallest absolute Gasteiger partial charge is 0.193 e. The van der Waals surface area contributed by atoms with Gasteiger partial charge in [-0.2, -0.15) is 11.8 Å². The van der Waals surface area contributed by atoms with Crippen molar-refractivity contribution in [3.63, 3.8) is 0 Å². The van der Waals surface area contributed by atoms with Crippen LogP contribution in [0.5, 0.6) is 0 Å². The maximum absolute atomic E-state index is 9.52. The molecule has 1 heterocycles. The van der Waals surface area contributed by atoms with Crippen molar-refractivity contribution >= 4 is 23.4 Å². The molecule has 1 atom stereocenters. The minimum atomic E-state index is -0.305. The van der Waals surface area contributed by atoms with E-state index in [1.165, 1.54) is 0 Å². The summed E-state index contributed by atoms with van der Waals surface area (Å²) in [6.45, 7) is 3.54. The van der Waals surface area contributed by atoms with Crippen LogP contribution in [0.25, 0.3) is 0 Å². The number of hydrogen-bond donors (Lipinski definition) is 2. The van der Waals surface area contributed by atoms with Gasteiger partial charge in [-0.25, -0.2) is 0 Å². The summed E-state index contributed by atoms with van der Waals surface area (Å²) in [5.41, 5.74) is 0. The van der Waals surface area contributed by atoms with E-state index >= 15 is 0 Å². The number of thioether (sulfide) groups is 1. The summed E-state index contributed by atoms with van der Waals surface area (Å²) in [6.07, 6.45) is -0.305. The summed E-state index contributed by atoms with van der Waals surface area (Å²) in [4.78, 5) is 0. The van der Waals surface area contributed by atoms with E-state index in [4.69, 9.17) is 16.0 Å². The van der Waals surface area contributed by atoms with Gasteiger partial charge < -0.3 is 14.8 Å². The molecule has 1 unspecified atom stereocenters. The lowest BCUT2D eigenvalue weighted by Crippen LogP contribution is -2.28. The Hall–Kier alpha value is -0.160. The highest BCUT2D eigenvalue weighted by atomic mass is 35.5. The monoisotopic (exact) mass is 249 g/mol. The molecule has 0 radical (unpaired) electrons. The van der Waals surface area contributed by atoms with Gasteiger partial charge in [0.1, 0.15) is 5.76 Å². The number of aliphatic hydroxyl groups is 1. The van der Waals surface area contributed by atoms with Crippen LogP contribution in [-0.2, 0) is 5.75 Å². The molecule has 0 saturated heterocycles. The summed E-state index contributed by atoms with van der Waals surface area (Å²) in [5.74, 6) is 2.29. The number of aliphatic hydroxyl groups excluding tert-OH is 1. The molecule has 0 saturated carbocycles. The molecular weight excluding hydrogens is 234 g/mol. The van der Waals surface area contributed by atoms with Gasteiger partial charge in [0, 0.05) is 12.3 Å². The molecule has 3 nitrogen and oxygen atoms in total. The van der Waals surface area contributed by atoms with Crippen LogP contribution in [-0.4, -0.2) is 30.1 Å². The fourth-order valence-corrected chi connectivity index (χ4v) is 2.12. The van der Waals surface area contributed by atoms with E-state index in [0.29, 0.717) is 17.5 Å². The minimum Gasteiger partial charge on any atom is -0.449 e. The Balaban J connectivity index is 2.10.